The van der Waals surface area contributed by atoms with Crippen molar-refractivity contribution in [2.24, 2.45) is 0 Å². The van der Waals surface area contributed by atoms with Crippen LogP contribution in [0.2, 0.25) is 0 Å². The molecule has 0 fully saturated rings. The van der Waals surface area contributed by atoms with E-state index in [4.69, 9.17) is 4.74 Å². The number of hydrogen-bond acceptors (Lipinski definition) is 3. The molecule has 0 aliphatic carbocycles. The molecule has 1 aliphatic heterocycles. The van der Waals surface area contributed by atoms with E-state index in [-0.39, 0.29) is 12.6 Å². The first kappa shape index (κ1) is 16.9. The molecule has 0 aromatic heterocycles. The molecule has 2 amide bonds. The molecule has 7 heteroatoms. The predicted octanol–water partition coefficient (Wildman–Crippen LogP) is 3.32. The molecule has 5 nitrogen and oxygen atoms in total. The summed E-state index contributed by atoms with van der Waals surface area (Å²) in [6, 6.07) is 7.72. The van der Waals surface area contributed by atoms with Crippen molar-refractivity contribution >= 4 is 17.7 Å². The maximum Gasteiger partial charge on any atom is 0.337 e. The Morgan fingerprint density at radius 3 is 2.48 bits per heavy atom. The van der Waals surface area contributed by atoms with Gasteiger partial charge in [-0.15, -0.1) is 0 Å². The first-order chi connectivity index (χ1) is 11.9. The standard InChI is InChI=1S/C18H16F2N2O3/c1-21-10-13-4-3-12(17(23)25-2)7-16(13)22(18(21)24)9-11-5-14(19)8-15(20)6-11/h3-8H,9-10H2,1-2H3. The fourth-order valence-electron chi connectivity index (χ4n) is 2.86. The fourth-order valence-corrected chi connectivity index (χ4v) is 2.86. The number of amides is 2. The first-order valence-electron chi connectivity index (χ1n) is 7.58. The Bertz CT molecular complexity index is 834. The van der Waals surface area contributed by atoms with E-state index in [0.29, 0.717) is 23.4 Å². The molecular weight excluding hydrogens is 330 g/mol. The number of carbonyl (C=O) groups is 2. The summed E-state index contributed by atoms with van der Waals surface area (Å²) in [6.07, 6.45) is 0. The molecule has 1 aliphatic rings. The lowest BCUT2D eigenvalue weighted by atomic mass is 10.0. The Morgan fingerprint density at radius 2 is 1.84 bits per heavy atom. The van der Waals surface area contributed by atoms with Gasteiger partial charge in [0.1, 0.15) is 11.6 Å². The van der Waals surface area contributed by atoms with Crippen LogP contribution < -0.4 is 4.90 Å². The van der Waals surface area contributed by atoms with Crippen LogP contribution in [0.15, 0.2) is 36.4 Å². The molecule has 0 saturated heterocycles. The van der Waals surface area contributed by atoms with Gasteiger partial charge in [-0.2, -0.15) is 0 Å². The van der Waals surface area contributed by atoms with Crippen molar-refractivity contribution in [1.29, 1.82) is 0 Å². The molecular formula is C18H16F2N2O3. The minimum absolute atomic E-state index is 0.0184. The average Bonchev–Trinajstić information content (AvgIpc) is 2.57. The number of hydrogen-bond donors (Lipinski definition) is 0. The second kappa shape index (κ2) is 6.51. The van der Waals surface area contributed by atoms with Crippen LogP contribution in [-0.2, 0) is 17.8 Å². The van der Waals surface area contributed by atoms with Crippen LogP contribution in [0, 0.1) is 11.6 Å². The van der Waals surface area contributed by atoms with E-state index in [1.807, 2.05) is 0 Å². The quantitative estimate of drug-likeness (QED) is 0.801. The molecule has 1 heterocycles. The zero-order valence-corrected chi connectivity index (χ0v) is 13.8. The molecule has 2 aromatic rings. The lowest BCUT2D eigenvalue weighted by Crippen LogP contribution is -2.44. The molecule has 0 radical (unpaired) electrons. The minimum atomic E-state index is -0.712. The smallest absolute Gasteiger partial charge is 0.337 e. The van der Waals surface area contributed by atoms with Gasteiger partial charge in [-0.1, -0.05) is 6.07 Å². The van der Waals surface area contributed by atoms with Gasteiger partial charge < -0.3 is 9.64 Å². The normalized spacial score (nSPS) is 13.7. The molecule has 0 N–H and O–H groups in total. The number of urea groups is 1. The van der Waals surface area contributed by atoms with E-state index < -0.39 is 17.6 Å². The van der Waals surface area contributed by atoms with Crippen LogP contribution in [0.25, 0.3) is 0 Å². The molecule has 0 spiro atoms. The molecule has 2 aromatic carbocycles. The van der Waals surface area contributed by atoms with Crippen LogP contribution in [0.3, 0.4) is 0 Å². The predicted molar refractivity (Wildman–Crippen MR) is 87.2 cm³/mol. The molecule has 0 saturated carbocycles. The van der Waals surface area contributed by atoms with Crippen molar-refractivity contribution in [3.8, 4) is 0 Å². The highest BCUT2D eigenvalue weighted by Gasteiger charge is 2.29. The number of carbonyl (C=O) groups excluding carboxylic acids is 2. The number of anilines is 1. The highest BCUT2D eigenvalue weighted by molar-refractivity contribution is 5.97. The van der Waals surface area contributed by atoms with Crippen molar-refractivity contribution in [2.45, 2.75) is 13.1 Å². The third kappa shape index (κ3) is 3.31. The number of methoxy groups -OCH3 is 1. The summed E-state index contributed by atoms with van der Waals surface area (Å²) in [7, 11) is 2.91. The van der Waals surface area contributed by atoms with Gasteiger partial charge in [-0.3, -0.25) is 4.90 Å². The maximum absolute atomic E-state index is 13.5. The van der Waals surface area contributed by atoms with Gasteiger partial charge in [0.15, 0.2) is 0 Å². The van der Waals surface area contributed by atoms with E-state index in [9.17, 15) is 18.4 Å². The number of esters is 1. The highest BCUT2D eigenvalue weighted by Crippen LogP contribution is 2.31. The summed E-state index contributed by atoms with van der Waals surface area (Å²) < 4.78 is 31.6. The van der Waals surface area contributed by atoms with E-state index >= 15 is 0 Å². The topological polar surface area (TPSA) is 49.9 Å². The Balaban J connectivity index is 2.03. The van der Waals surface area contributed by atoms with Crippen LogP contribution in [0.4, 0.5) is 19.3 Å². The van der Waals surface area contributed by atoms with Gasteiger partial charge in [0.2, 0.25) is 0 Å². The number of halogens is 2. The third-order valence-corrected chi connectivity index (χ3v) is 4.03. The molecule has 3 rings (SSSR count). The number of fused-ring (bicyclic) bond motifs is 1. The lowest BCUT2D eigenvalue weighted by Gasteiger charge is -2.35. The summed E-state index contributed by atoms with van der Waals surface area (Å²) in [4.78, 5) is 27.2. The van der Waals surface area contributed by atoms with Crippen molar-refractivity contribution in [3.63, 3.8) is 0 Å². The van der Waals surface area contributed by atoms with Crippen molar-refractivity contribution in [1.82, 2.24) is 4.90 Å². The number of ether oxygens (including phenoxy) is 1. The highest BCUT2D eigenvalue weighted by atomic mass is 19.1. The van der Waals surface area contributed by atoms with Gasteiger partial charge in [0, 0.05) is 19.7 Å². The first-order valence-corrected chi connectivity index (χ1v) is 7.58. The Kier molecular flexibility index (Phi) is 4.39. The minimum Gasteiger partial charge on any atom is -0.465 e. The SMILES string of the molecule is COC(=O)c1ccc2c(c1)N(Cc1cc(F)cc(F)c1)C(=O)N(C)C2. The van der Waals surface area contributed by atoms with Crippen molar-refractivity contribution < 1.29 is 23.1 Å². The Labute approximate surface area is 143 Å². The van der Waals surface area contributed by atoms with Crippen LogP contribution in [-0.4, -0.2) is 31.1 Å². The molecule has 130 valence electrons. The fraction of sp³-hybridized carbons (Fsp3) is 0.222. The van der Waals surface area contributed by atoms with Gasteiger partial charge >= 0.3 is 12.0 Å². The van der Waals surface area contributed by atoms with Crippen LogP contribution >= 0.6 is 0 Å². The summed E-state index contributed by atoms with van der Waals surface area (Å²) in [6.45, 7) is 0.360. The summed E-state index contributed by atoms with van der Waals surface area (Å²) in [5.74, 6) is -1.95. The molecule has 25 heavy (non-hydrogen) atoms. The summed E-state index contributed by atoms with van der Waals surface area (Å²) in [5, 5.41) is 0. The molecule has 0 atom stereocenters. The summed E-state index contributed by atoms with van der Waals surface area (Å²) in [5.41, 5.74) is 1.96. The third-order valence-electron chi connectivity index (χ3n) is 4.03. The van der Waals surface area contributed by atoms with Crippen molar-refractivity contribution in [2.75, 3.05) is 19.1 Å². The number of rotatable bonds is 3. The van der Waals surface area contributed by atoms with Crippen molar-refractivity contribution in [3.05, 3.63) is 64.7 Å². The average molecular weight is 346 g/mol. The van der Waals surface area contributed by atoms with E-state index in [2.05, 4.69) is 0 Å². The zero-order valence-electron chi connectivity index (χ0n) is 13.8. The van der Waals surface area contributed by atoms with Gasteiger partial charge in [0.25, 0.3) is 0 Å². The number of benzene rings is 2. The monoisotopic (exact) mass is 346 g/mol. The van der Waals surface area contributed by atoms with E-state index in [1.165, 1.54) is 29.0 Å². The molecule has 0 unspecified atom stereocenters. The van der Waals surface area contributed by atoms with Crippen LogP contribution in [0.1, 0.15) is 21.5 Å². The van der Waals surface area contributed by atoms with Gasteiger partial charge in [0.05, 0.1) is 24.9 Å². The van der Waals surface area contributed by atoms with E-state index in [0.717, 1.165) is 11.6 Å². The number of nitrogens with zero attached hydrogens (tertiary/aromatic N) is 2. The second-order valence-electron chi connectivity index (χ2n) is 5.84. The van der Waals surface area contributed by atoms with Crippen LogP contribution in [0.5, 0.6) is 0 Å². The van der Waals surface area contributed by atoms with Gasteiger partial charge in [-0.25, -0.2) is 18.4 Å². The Morgan fingerprint density at radius 1 is 1.16 bits per heavy atom. The van der Waals surface area contributed by atoms with Gasteiger partial charge in [-0.05, 0) is 35.4 Å². The second-order valence-corrected chi connectivity index (χ2v) is 5.84. The zero-order chi connectivity index (χ0) is 18.1. The largest absolute Gasteiger partial charge is 0.465 e. The summed E-state index contributed by atoms with van der Waals surface area (Å²) >= 11 is 0. The maximum atomic E-state index is 13.5. The molecule has 0 bridgehead atoms. The van der Waals surface area contributed by atoms with E-state index in [1.54, 1.807) is 25.2 Å². The Hall–Kier alpha value is -2.96. The lowest BCUT2D eigenvalue weighted by molar-refractivity contribution is 0.0600.